The zero-order valence-electron chi connectivity index (χ0n) is 16.3. The summed E-state index contributed by atoms with van der Waals surface area (Å²) in [5.41, 5.74) is 1.10. The van der Waals surface area contributed by atoms with Gasteiger partial charge in [0.1, 0.15) is 5.82 Å². The lowest BCUT2D eigenvalue weighted by molar-refractivity contribution is 0.0908. The van der Waals surface area contributed by atoms with Crippen molar-refractivity contribution in [3.05, 3.63) is 66.0 Å². The molecule has 0 bridgehead atoms. The summed E-state index contributed by atoms with van der Waals surface area (Å²) in [6.45, 7) is 4.11. The Balaban J connectivity index is 1.70. The number of likely N-dealkylation sites (tertiary alicyclic amines) is 1. The molecule has 0 amide bonds. The maximum Gasteiger partial charge on any atom is 0.297 e. The summed E-state index contributed by atoms with van der Waals surface area (Å²) in [5.74, 6) is 0.0458. The SMILES string of the molecule is CCCCN1CCC(c2ccc(F)cc2)CC1COS(=O)(=O)c1ccccc1. The zero-order valence-corrected chi connectivity index (χ0v) is 17.1. The first kappa shape index (κ1) is 21.0. The average molecular weight is 406 g/mol. The second-order valence-corrected chi connectivity index (χ2v) is 8.98. The van der Waals surface area contributed by atoms with Crippen molar-refractivity contribution in [1.29, 1.82) is 0 Å². The fourth-order valence-electron chi connectivity index (χ4n) is 3.79. The number of unbranched alkanes of at least 4 members (excludes halogenated alkanes) is 1. The summed E-state index contributed by atoms with van der Waals surface area (Å²) in [4.78, 5) is 2.52. The van der Waals surface area contributed by atoms with Gasteiger partial charge >= 0.3 is 0 Å². The Morgan fingerprint density at radius 3 is 2.50 bits per heavy atom. The summed E-state index contributed by atoms with van der Waals surface area (Å²) in [5, 5.41) is 0. The van der Waals surface area contributed by atoms with Crippen LogP contribution in [0.3, 0.4) is 0 Å². The third-order valence-electron chi connectivity index (χ3n) is 5.43. The Kier molecular flexibility index (Phi) is 7.21. The molecule has 0 N–H and O–H groups in total. The molecular formula is C22H28FNO3S. The molecule has 0 spiro atoms. The molecule has 2 unspecified atom stereocenters. The fourth-order valence-corrected chi connectivity index (χ4v) is 4.75. The first-order chi connectivity index (χ1) is 13.5. The molecule has 1 saturated heterocycles. The second-order valence-electron chi connectivity index (χ2n) is 7.37. The highest BCUT2D eigenvalue weighted by Crippen LogP contribution is 2.32. The minimum atomic E-state index is -3.77. The highest BCUT2D eigenvalue weighted by Gasteiger charge is 2.30. The average Bonchev–Trinajstić information content (AvgIpc) is 2.72. The summed E-state index contributed by atoms with van der Waals surface area (Å²) in [6.07, 6.45) is 3.95. The lowest BCUT2D eigenvalue weighted by Crippen LogP contribution is -2.45. The summed E-state index contributed by atoms with van der Waals surface area (Å²) in [7, 11) is -3.77. The van der Waals surface area contributed by atoms with E-state index in [9.17, 15) is 12.8 Å². The van der Waals surface area contributed by atoms with Crippen molar-refractivity contribution in [3.63, 3.8) is 0 Å². The Morgan fingerprint density at radius 2 is 1.82 bits per heavy atom. The molecule has 1 fully saturated rings. The van der Waals surface area contributed by atoms with Crippen molar-refractivity contribution in [2.75, 3.05) is 19.7 Å². The van der Waals surface area contributed by atoms with Crippen molar-refractivity contribution in [1.82, 2.24) is 4.90 Å². The molecule has 2 aromatic rings. The van der Waals surface area contributed by atoms with Crippen LogP contribution in [0.5, 0.6) is 0 Å². The summed E-state index contributed by atoms with van der Waals surface area (Å²) < 4.78 is 43.7. The highest BCUT2D eigenvalue weighted by molar-refractivity contribution is 7.86. The first-order valence-corrected chi connectivity index (χ1v) is 11.3. The van der Waals surface area contributed by atoms with Crippen LogP contribution in [0.2, 0.25) is 0 Å². The van der Waals surface area contributed by atoms with Crippen LogP contribution < -0.4 is 0 Å². The van der Waals surface area contributed by atoms with Gasteiger partial charge in [-0.25, -0.2) is 4.39 Å². The Bertz CT molecular complexity index is 840. The smallest absolute Gasteiger partial charge is 0.297 e. The van der Waals surface area contributed by atoms with Crippen LogP contribution in [0.4, 0.5) is 4.39 Å². The van der Waals surface area contributed by atoms with Crippen LogP contribution in [0.15, 0.2) is 59.5 Å². The summed E-state index contributed by atoms with van der Waals surface area (Å²) >= 11 is 0. The van der Waals surface area contributed by atoms with Gasteiger partial charge in [-0.3, -0.25) is 9.08 Å². The lowest BCUT2D eigenvalue weighted by Gasteiger charge is -2.39. The minimum Gasteiger partial charge on any atom is -0.298 e. The molecule has 6 heteroatoms. The molecule has 4 nitrogen and oxygen atoms in total. The number of rotatable bonds is 8. The third kappa shape index (κ3) is 5.40. The van der Waals surface area contributed by atoms with Crippen LogP contribution in [-0.4, -0.2) is 39.1 Å². The predicted octanol–water partition coefficient (Wildman–Crippen LogP) is 4.58. The second kappa shape index (κ2) is 9.63. The number of benzene rings is 2. The van der Waals surface area contributed by atoms with Gasteiger partial charge in [0.15, 0.2) is 0 Å². The van der Waals surface area contributed by atoms with Gasteiger partial charge in [-0.1, -0.05) is 43.7 Å². The van der Waals surface area contributed by atoms with Crippen LogP contribution >= 0.6 is 0 Å². The van der Waals surface area contributed by atoms with Gasteiger partial charge in [-0.05, 0) is 68.1 Å². The van der Waals surface area contributed by atoms with Crippen molar-refractivity contribution in [2.45, 2.75) is 49.5 Å². The Hall–Kier alpha value is -1.76. The van der Waals surface area contributed by atoms with E-state index in [-0.39, 0.29) is 29.3 Å². The predicted molar refractivity (Wildman–Crippen MR) is 108 cm³/mol. The lowest BCUT2D eigenvalue weighted by atomic mass is 9.85. The van der Waals surface area contributed by atoms with E-state index in [2.05, 4.69) is 11.8 Å². The van der Waals surface area contributed by atoms with Crippen molar-refractivity contribution in [2.24, 2.45) is 0 Å². The standard InChI is InChI=1S/C22H28FNO3S/c1-2-3-14-24-15-13-19(18-9-11-20(23)12-10-18)16-21(24)17-27-28(25,26)22-7-5-4-6-8-22/h4-12,19,21H,2-3,13-17H2,1H3. The van der Waals surface area contributed by atoms with E-state index in [4.69, 9.17) is 4.18 Å². The van der Waals surface area contributed by atoms with E-state index in [1.54, 1.807) is 30.3 Å². The zero-order chi connectivity index (χ0) is 20.0. The number of halogens is 1. The molecule has 1 heterocycles. The first-order valence-electron chi connectivity index (χ1n) is 9.93. The monoisotopic (exact) mass is 405 g/mol. The van der Waals surface area contributed by atoms with Gasteiger partial charge in [0.05, 0.1) is 11.5 Å². The normalized spacial score (nSPS) is 20.9. The van der Waals surface area contributed by atoms with Gasteiger partial charge in [0.25, 0.3) is 10.1 Å². The molecule has 152 valence electrons. The van der Waals surface area contributed by atoms with Crippen LogP contribution in [0, 0.1) is 5.82 Å². The van der Waals surface area contributed by atoms with E-state index >= 15 is 0 Å². The van der Waals surface area contributed by atoms with E-state index in [0.717, 1.165) is 44.3 Å². The van der Waals surface area contributed by atoms with Crippen molar-refractivity contribution >= 4 is 10.1 Å². The maximum atomic E-state index is 13.3. The van der Waals surface area contributed by atoms with Gasteiger partial charge in [0, 0.05) is 6.04 Å². The maximum absolute atomic E-state index is 13.3. The van der Waals surface area contributed by atoms with Gasteiger partial charge < -0.3 is 0 Å². The molecule has 2 atom stereocenters. The third-order valence-corrected chi connectivity index (χ3v) is 6.72. The number of piperidine rings is 1. The van der Waals surface area contributed by atoms with Crippen molar-refractivity contribution < 1.29 is 17.0 Å². The van der Waals surface area contributed by atoms with Crippen LogP contribution in [0.25, 0.3) is 0 Å². The van der Waals surface area contributed by atoms with E-state index in [1.165, 1.54) is 12.1 Å². The minimum absolute atomic E-state index is 0.0221. The molecule has 0 radical (unpaired) electrons. The molecule has 0 saturated carbocycles. The number of hydrogen-bond acceptors (Lipinski definition) is 4. The topological polar surface area (TPSA) is 46.6 Å². The van der Waals surface area contributed by atoms with Crippen molar-refractivity contribution in [3.8, 4) is 0 Å². The molecule has 0 aliphatic carbocycles. The number of hydrogen-bond donors (Lipinski definition) is 0. The summed E-state index contributed by atoms with van der Waals surface area (Å²) in [6, 6.07) is 14.9. The Morgan fingerprint density at radius 1 is 1.11 bits per heavy atom. The molecule has 1 aliphatic heterocycles. The molecular weight excluding hydrogens is 377 g/mol. The van der Waals surface area contributed by atoms with Gasteiger partial charge in [-0.2, -0.15) is 8.42 Å². The quantitative estimate of drug-likeness (QED) is 0.603. The number of nitrogens with zero attached hydrogens (tertiary/aromatic N) is 1. The fraction of sp³-hybridized carbons (Fsp3) is 0.455. The van der Waals surface area contributed by atoms with Crippen LogP contribution in [0.1, 0.15) is 44.1 Å². The van der Waals surface area contributed by atoms with E-state index < -0.39 is 10.1 Å². The molecule has 0 aromatic heterocycles. The highest BCUT2D eigenvalue weighted by atomic mass is 32.2. The Labute approximate surface area is 167 Å². The molecule has 3 rings (SSSR count). The van der Waals surface area contributed by atoms with E-state index in [0.29, 0.717) is 0 Å². The largest absolute Gasteiger partial charge is 0.298 e. The molecule has 1 aliphatic rings. The van der Waals surface area contributed by atoms with E-state index in [1.807, 2.05) is 12.1 Å². The van der Waals surface area contributed by atoms with Crippen LogP contribution in [-0.2, 0) is 14.3 Å². The van der Waals surface area contributed by atoms with Gasteiger partial charge in [-0.15, -0.1) is 0 Å². The van der Waals surface area contributed by atoms with Gasteiger partial charge in [0.2, 0.25) is 0 Å². The molecule has 2 aromatic carbocycles. The molecule has 28 heavy (non-hydrogen) atoms.